The van der Waals surface area contributed by atoms with Crippen LogP contribution in [0.3, 0.4) is 0 Å². The third kappa shape index (κ3) is 4.93. The highest BCUT2D eigenvalue weighted by Gasteiger charge is 2.45. The number of aromatic nitrogens is 1. The lowest BCUT2D eigenvalue weighted by atomic mass is 9.79. The molecule has 0 saturated heterocycles. The molecule has 1 aliphatic rings. The van der Waals surface area contributed by atoms with Gasteiger partial charge < -0.3 is 20.4 Å². The number of hydrogen-bond donors (Lipinski definition) is 3. The predicted molar refractivity (Wildman–Crippen MR) is 94.9 cm³/mol. The van der Waals surface area contributed by atoms with Crippen molar-refractivity contribution in [1.82, 2.24) is 10.3 Å². The minimum Gasteiger partial charge on any atom is -0.481 e. The third-order valence-corrected chi connectivity index (χ3v) is 4.72. The molecule has 142 valence electrons. The smallest absolute Gasteiger partial charge is 0.305 e. The summed E-state index contributed by atoms with van der Waals surface area (Å²) >= 11 is 0. The molecule has 0 unspecified atom stereocenters. The van der Waals surface area contributed by atoms with E-state index in [-0.39, 0.29) is 31.8 Å². The van der Waals surface area contributed by atoms with Gasteiger partial charge in [-0.25, -0.2) is 4.98 Å². The van der Waals surface area contributed by atoms with Crippen molar-refractivity contribution < 1.29 is 24.6 Å². The molecule has 1 amide bonds. The second-order valence-electron chi connectivity index (χ2n) is 6.48. The molecule has 8 nitrogen and oxygen atoms in total. The van der Waals surface area contributed by atoms with Gasteiger partial charge in [-0.15, -0.1) is 0 Å². The number of anilines is 1. The van der Waals surface area contributed by atoms with Gasteiger partial charge in [-0.05, 0) is 25.0 Å². The Labute approximate surface area is 152 Å². The zero-order valence-corrected chi connectivity index (χ0v) is 14.7. The van der Waals surface area contributed by atoms with Gasteiger partial charge in [0.15, 0.2) is 0 Å². The van der Waals surface area contributed by atoms with Crippen LogP contribution in [0.2, 0.25) is 0 Å². The zero-order chi connectivity index (χ0) is 19.0. The van der Waals surface area contributed by atoms with Crippen LogP contribution < -0.4 is 10.2 Å². The summed E-state index contributed by atoms with van der Waals surface area (Å²) in [6, 6.07) is 5.33. The Balaban J connectivity index is 2.30. The van der Waals surface area contributed by atoms with Crippen LogP contribution in [-0.2, 0) is 14.4 Å². The molecule has 1 fully saturated rings. The summed E-state index contributed by atoms with van der Waals surface area (Å²) in [7, 11) is 0. The van der Waals surface area contributed by atoms with Gasteiger partial charge in [0.05, 0.1) is 12.8 Å². The Bertz CT molecular complexity index is 629. The van der Waals surface area contributed by atoms with Crippen molar-refractivity contribution in [1.29, 1.82) is 0 Å². The van der Waals surface area contributed by atoms with E-state index in [0.29, 0.717) is 18.7 Å². The average molecular weight is 363 g/mol. The normalized spacial score (nSPS) is 15.8. The largest absolute Gasteiger partial charge is 0.481 e. The van der Waals surface area contributed by atoms with E-state index in [1.54, 1.807) is 29.3 Å². The summed E-state index contributed by atoms with van der Waals surface area (Å²) in [5.41, 5.74) is -0.902. The lowest BCUT2D eigenvalue weighted by molar-refractivity contribution is -0.138. The van der Waals surface area contributed by atoms with Crippen molar-refractivity contribution in [2.75, 3.05) is 18.0 Å². The van der Waals surface area contributed by atoms with Gasteiger partial charge in [0.25, 0.3) is 0 Å². The van der Waals surface area contributed by atoms with Crippen LogP contribution in [0.25, 0.3) is 0 Å². The minimum absolute atomic E-state index is 0.0465. The molecule has 1 saturated carbocycles. The standard InChI is InChI=1S/C18H25N3O5/c22-15(23)7-12-20-17(26)18(9-3-1-4-10-18)21(13-8-16(24)25)14-6-2-5-11-19-14/h2,5-6,11H,1,3-4,7-10,12-13H2,(H,20,26)(H,22,23)(H,24,25). The van der Waals surface area contributed by atoms with E-state index in [1.807, 2.05) is 0 Å². The van der Waals surface area contributed by atoms with E-state index < -0.39 is 17.5 Å². The molecule has 0 spiro atoms. The van der Waals surface area contributed by atoms with E-state index in [9.17, 15) is 14.4 Å². The number of carbonyl (C=O) groups is 3. The quantitative estimate of drug-likeness (QED) is 0.610. The maximum Gasteiger partial charge on any atom is 0.305 e. The molecule has 2 rings (SSSR count). The van der Waals surface area contributed by atoms with E-state index >= 15 is 0 Å². The fourth-order valence-corrected chi connectivity index (χ4v) is 3.47. The molecule has 0 aromatic carbocycles. The summed E-state index contributed by atoms with van der Waals surface area (Å²) in [6.07, 6.45) is 5.23. The van der Waals surface area contributed by atoms with Gasteiger partial charge in [-0.3, -0.25) is 14.4 Å². The fraction of sp³-hybridized carbons (Fsp3) is 0.556. The van der Waals surface area contributed by atoms with Crippen LogP contribution in [0.4, 0.5) is 5.82 Å². The first kappa shape index (κ1) is 19.7. The highest BCUT2D eigenvalue weighted by atomic mass is 16.4. The van der Waals surface area contributed by atoms with Gasteiger partial charge in [0.2, 0.25) is 5.91 Å². The Morgan fingerprint density at radius 2 is 1.77 bits per heavy atom. The van der Waals surface area contributed by atoms with Crippen molar-refractivity contribution >= 4 is 23.7 Å². The van der Waals surface area contributed by atoms with Crippen LogP contribution in [-0.4, -0.2) is 51.7 Å². The van der Waals surface area contributed by atoms with Gasteiger partial charge in [-0.1, -0.05) is 25.3 Å². The van der Waals surface area contributed by atoms with E-state index in [2.05, 4.69) is 10.3 Å². The predicted octanol–water partition coefficient (Wildman–Crippen LogP) is 1.66. The molecule has 0 atom stereocenters. The van der Waals surface area contributed by atoms with Gasteiger partial charge >= 0.3 is 11.9 Å². The van der Waals surface area contributed by atoms with E-state index in [1.165, 1.54) is 0 Å². The summed E-state index contributed by atoms with van der Waals surface area (Å²) in [4.78, 5) is 41.0. The molecule has 1 heterocycles. The molecular weight excluding hydrogens is 338 g/mol. The first-order valence-electron chi connectivity index (χ1n) is 8.86. The number of aliphatic carboxylic acids is 2. The second-order valence-corrected chi connectivity index (χ2v) is 6.48. The van der Waals surface area contributed by atoms with Crippen LogP contribution in [0.1, 0.15) is 44.9 Å². The van der Waals surface area contributed by atoms with Crippen LogP contribution in [0.15, 0.2) is 24.4 Å². The van der Waals surface area contributed by atoms with Gasteiger partial charge in [0.1, 0.15) is 11.4 Å². The minimum atomic E-state index is -0.976. The molecule has 26 heavy (non-hydrogen) atoms. The number of carboxylic acids is 2. The van der Waals surface area contributed by atoms with E-state index in [4.69, 9.17) is 10.2 Å². The van der Waals surface area contributed by atoms with Crippen LogP contribution in [0.5, 0.6) is 0 Å². The number of rotatable bonds is 9. The molecule has 1 aromatic heterocycles. The molecule has 0 bridgehead atoms. The molecule has 8 heteroatoms. The topological polar surface area (TPSA) is 120 Å². The highest BCUT2D eigenvalue weighted by molar-refractivity contribution is 5.90. The van der Waals surface area contributed by atoms with Gasteiger partial charge in [-0.2, -0.15) is 0 Å². The number of carboxylic acid groups (broad SMARTS) is 2. The number of carbonyl (C=O) groups excluding carboxylic acids is 1. The van der Waals surface area contributed by atoms with Crippen molar-refractivity contribution in [3.63, 3.8) is 0 Å². The SMILES string of the molecule is O=C(O)CCNC(=O)C1(N(CCC(=O)O)c2ccccn2)CCCCC1. The van der Waals surface area contributed by atoms with Crippen molar-refractivity contribution in [2.24, 2.45) is 0 Å². The number of pyridine rings is 1. The monoisotopic (exact) mass is 363 g/mol. The van der Waals surface area contributed by atoms with Crippen LogP contribution >= 0.6 is 0 Å². The molecule has 3 N–H and O–H groups in total. The number of amides is 1. The van der Waals surface area contributed by atoms with E-state index in [0.717, 1.165) is 19.3 Å². The number of nitrogens with one attached hydrogen (secondary N) is 1. The molecular formula is C18H25N3O5. The van der Waals surface area contributed by atoms with Crippen LogP contribution in [0, 0.1) is 0 Å². The first-order valence-corrected chi connectivity index (χ1v) is 8.86. The molecule has 0 radical (unpaired) electrons. The number of hydrogen-bond acceptors (Lipinski definition) is 5. The molecule has 1 aromatic rings. The fourth-order valence-electron chi connectivity index (χ4n) is 3.47. The summed E-state index contributed by atoms with van der Waals surface area (Å²) in [6.45, 7) is 0.212. The molecule has 0 aliphatic heterocycles. The average Bonchev–Trinajstić information content (AvgIpc) is 2.63. The summed E-state index contributed by atoms with van der Waals surface area (Å²) < 4.78 is 0. The summed E-state index contributed by atoms with van der Waals surface area (Å²) in [5, 5.41) is 20.6. The lowest BCUT2D eigenvalue weighted by Crippen LogP contribution is -2.61. The van der Waals surface area contributed by atoms with Crippen molar-refractivity contribution in [3.05, 3.63) is 24.4 Å². The maximum atomic E-state index is 13.0. The first-order chi connectivity index (χ1) is 12.5. The van der Waals surface area contributed by atoms with Crippen molar-refractivity contribution in [2.45, 2.75) is 50.5 Å². The number of nitrogens with zero attached hydrogens (tertiary/aromatic N) is 2. The Kier molecular flexibility index (Phi) is 6.94. The second kappa shape index (κ2) is 9.17. The summed E-state index contributed by atoms with van der Waals surface area (Å²) in [5.74, 6) is -1.61. The van der Waals surface area contributed by atoms with Crippen molar-refractivity contribution in [3.8, 4) is 0 Å². The van der Waals surface area contributed by atoms with Gasteiger partial charge in [0, 0.05) is 19.3 Å². The Hall–Kier alpha value is -2.64. The highest BCUT2D eigenvalue weighted by Crippen LogP contribution is 2.36. The zero-order valence-electron chi connectivity index (χ0n) is 14.7. The molecule has 1 aliphatic carbocycles. The lowest BCUT2D eigenvalue weighted by Gasteiger charge is -2.45. The Morgan fingerprint density at radius 1 is 1.08 bits per heavy atom. The Morgan fingerprint density at radius 3 is 2.35 bits per heavy atom. The maximum absolute atomic E-state index is 13.0. The third-order valence-electron chi connectivity index (χ3n) is 4.72.